The van der Waals surface area contributed by atoms with E-state index in [0.717, 1.165) is 18.2 Å². The topological polar surface area (TPSA) is 108 Å². The van der Waals surface area contributed by atoms with Gasteiger partial charge in [-0.15, -0.1) is 12.4 Å². The van der Waals surface area contributed by atoms with Crippen LogP contribution in [0.2, 0.25) is 0 Å². The minimum atomic E-state index is -4.48. The van der Waals surface area contributed by atoms with Gasteiger partial charge in [0.25, 0.3) is 11.9 Å². The number of aromatic nitrogens is 1. The molecule has 2 aromatic rings. The number of nitrogens with one attached hydrogen (secondary N) is 1. The molecular weight excluding hydrogens is 541 g/mol. The lowest BCUT2D eigenvalue weighted by Gasteiger charge is -2.38. The number of fused-ring (bicyclic) bond motifs is 1. The van der Waals surface area contributed by atoms with Crippen LogP contribution in [0.4, 0.5) is 36.4 Å². The van der Waals surface area contributed by atoms with Crippen LogP contribution in [0.3, 0.4) is 0 Å². The third-order valence-electron chi connectivity index (χ3n) is 5.58. The number of carbonyl (C=O) groups excluding carboxylic acids is 1. The Bertz CT molecular complexity index is 1220. The largest absolute Gasteiger partial charge is 0.485 e. The first-order valence-corrected chi connectivity index (χ1v) is 10.2. The zero-order chi connectivity index (χ0) is 26.3. The van der Waals surface area contributed by atoms with Gasteiger partial charge < -0.3 is 25.3 Å². The molecule has 2 aliphatic rings. The number of hydrogen-bond donors (Lipinski definition) is 2. The molecule has 3 heterocycles. The predicted octanol–water partition coefficient (Wildman–Crippen LogP) is 3.59. The number of amidine groups is 1. The number of anilines is 1. The lowest BCUT2D eigenvalue weighted by Crippen LogP contribution is -2.55. The smallest absolute Gasteiger partial charge is 0.340 e. The van der Waals surface area contributed by atoms with Crippen molar-refractivity contribution in [2.24, 2.45) is 10.7 Å². The Morgan fingerprint density at radius 2 is 1.92 bits per heavy atom. The zero-order valence-electron chi connectivity index (χ0n) is 18.5. The first-order chi connectivity index (χ1) is 16.9. The summed E-state index contributed by atoms with van der Waals surface area (Å²) in [6.45, 7) is -3.11. The molecule has 1 saturated heterocycles. The number of halogens is 8. The van der Waals surface area contributed by atoms with E-state index in [2.05, 4.69) is 20.0 Å². The number of aliphatic imine (C=N–C) groups is 1. The molecule has 16 heteroatoms. The second-order valence-corrected chi connectivity index (χ2v) is 8.06. The van der Waals surface area contributed by atoms with Crippen molar-refractivity contribution in [3.63, 3.8) is 0 Å². The van der Waals surface area contributed by atoms with Crippen molar-refractivity contribution in [1.29, 1.82) is 0 Å². The van der Waals surface area contributed by atoms with E-state index in [4.69, 9.17) is 15.2 Å². The van der Waals surface area contributed by atoms with Crippen molar-refractivity contribution < 1.29 is 49.7 Å². The molecule has 1 aromatic heterocycles. The van der Waals surface area contributed by atoms with Crippen LogP contribution in [-0.2, 0) is 15.0 Å². The van der Waals surface area contributed by atoms with Crippen LogP contribution in [0, 0.1) is 11.6 Å². The van der Waals surface area contributed by atoms with E-state index < -0.39 is 72.4 Å². The maximum atomic E-state index is 15.6. The molecule has 0 bridgehead atoms. The van der Waals surface area contributed by atoms with Gasteiger partial charge in [-0.1, -0.05) is 0 Å². The van der Waals surface area contributed by atoms with Gasteiger partial charge in [-0.3, -0.25) is 4.79 Å². The van der Waals surface area contributed by atoms with E-state index in [1.54, 1.807) is 0 Å². The van der Waals surface area contributed by atoms with Gasteiger partial charge in [0, 0.05) is 17.3 Å². The number of carbonyl (C=O) groups is 1. The molecular formula is C21H18ClF7N4O4. The van der Waals surface area contributed by atoms with Gasteiger partial charge in [0.05, 0.1) is 19.4 Å². The van der Waals surface area contributed by atoms with Crippen molar-refractivity contribution in [3.8, 4) is 5.75 Å². The highest BCUT2D eigenvalue weighted by molar-refractivity contribution is 6.03. The summed E-state index contributed by atoms with van der Waals surface area (Å²) in [6, 6.07) is 3.22. The molecule has 8 nitrogen and oxygen atoms in total. The normalized spacial score (nSPS) is 23.0. The minimum absolute atomic E-state index is 0. The SMILES string of the molecule is Cl.NC1=NC2(c3cc(NC(=O)c4ncc(OCC(F)(F)C(F)F)cc4F)ccc3F)COCC2(F)CO1. The van der Waals surface area contributed by atoms with Crippen LogP contribution in [0.5, 0.6) is 5.75 Å². The van der Waals surface area contributed by atoms with E-state index in [0.29, 0.717) is 12.3 Å². The van der Waals surface area contributed by atoms with Crippen molar-refractivity contribution >= 4 is 30.0 Å². The Morgan fingerprint density at radius 1 is 1.19 bits per heavy atom. The molecule has 1 fully saturated rings. The second kappa shape index (κ2) is 10.2. The Kier molecular flexibility index (Phi) is 7.79. The van der Waals surface area contributed by atoms with Crippen LogP contribution >= 0.6 is 12.4 Å². The summed E-state index contributed by atoms with van der Waals surface area (Å²) in [5.74, 6) is -8.45. The number of hydrogen-bond acceptors (Lipinski definition) is 7. The molecule has 0 spiro atoms. The predicted molar refractivity (Wildman–Crippen MR) is 116 cm³/mol. The molecule has 0 radical (unpaired) electrons. The molecule has 202 valence electrons. The fraction of sp³-hybridized carbons (Fsp3) is 0.381. The molecule has 2 aliphatic heterocycles. The van der Waals surface area contributed by atoms with E-state index >= 15 is 4.39 Å². The number of amides is 1. The average molecular weight is 559 g/mol. The Hall–Kier alpha value is -3.33. The highest BCUT2D eigenvalue weighted by Crippen LogP contribution is 2.48. The molecule has 0 aliphatic carbocycles. The number of nitrogens with two attached hydrogens (primary N) is 1. The van der Waals surface area contributed by atoms with Gasteiger partial charge >= 0.3 is 12.3 Å². The molecule has 0 saturated carbocycles. The monoisotopic (exact) mass is 558 g/mol. The number of rotatable bonds is 7. The molecule has 2 atom stereocenters. The van der Waals surface area contributed by atoms with Crippen molar-refractivity contribution in [1.82, 2.24) is 4.98 Å². The fourth-order valence-corrected chi connectivity index (χ4v) is 3.71. The van der Waals surface area contributed by atoms with E-state index in [1.165, 1.54) is 0 Å². The highest BCUT2D eigenvalue weighted by Gasteiger charge is 2.62. The first-order valence-electron chi connectivity index (χ1n) is 10.2. The van der Waals surface area contributed by atoms with Gasteiger partial charge in [0.2, 0.25) is 0 Å². The Balaban J connectivity index is 0.00000380. The zero-order valence-corrected chi connectivity index (χ0v) is 19.3. The number of benzene rings is 1. The van der Waals surface area contributed by atoms with E-state index in [-0.39, 0.29) is 36.3 Å². The molecule has 37 heavy (non-hydrogen) atoms. The lowest BCUT2D eigenvalue weighted by molar-refractivity contribution is -0.148. The molecule has 1 aromatic carbocycles. The van der Waals surface area contributed by atoms with Crippen LogP contribution in [0.25, 0.3) is 0 Å². The highest BCUT2D eigenvalue weighted by atomic mass is 35.5. The number of pyridine rings is 1. The van der Waals surface area contributed by atoms with Gasteiger partial charge in [0.15, 0.2) is 29.3 Å². The first kappa shape index (κ1) is 28.2. The van der Waals surface area contributed by atoms with E-state index in [1.807, 2.05) is 0 Å². The van der Waals surface area contributed by atoms with Crippen LogP contribution in [-0.4, -0.2) is 61.4 Å². The third kappa shape index (κ3) is 5.23. The Labute approximate surface area is 210 Å². The number of ether oxygens (including phenoxy) is 3. The fourth-order valence-electron chi connectivity index (χ4n) is 3.71. The summed E-state index contributed by atoms with van der Waals surface area (Å²) in [5.41, 5.74) is 0.204. The summed E-state index contributed by atoms with van der Waals surface area (Å²) in [4.78, 5) is 20.0. The molecule has 2 unspecified atom stereocenters. The van der Waals surface area contributed by atoms with Gasteiger partial charge in [0.1, 0.15) is 18.2 Å². The molecule has 4 rings (SSSR count). The summed E-state index contributed by atoms with van der Waals surface area (Å²) in [6.07, 6.45) is -3.32. The van der Waals surface area contributed by atoms with Gasteiger partial charge in [-0.05, 0) is 18.2 Å². The molecule has 1 amide bonds. The van der Waals surface area contributed by atoms with Crippen LogP contribution in [0.1, 0.15) is 16.1 Å². The van der Waals surface area contributed by atoms with Crippen LogP contribution in [0.15, 0.2) is 35.5 Å². The standard InChI is InChI=1S/C21H17F7N4O4.ClH/c22-13-2-1-10(3-12(13)20-8-34-6-19(20,26)7-36-18(29)32-20)31-16(33)15-14(23)4-11(5-30-15)35-9-21(27,28)17(24)25;/h1-5,17H,6-9H2,(H2,29,32)(H,31,33);1H. The maximum absolute atomic E-state index is 15.6. The second-order valence-electron chi connectivity index (χ2n) is 8.06. The maximum Gasteiger partial charge on any atom is 0.340 e. The number of nitrogens with zero attached hydrogens (tertiary/aromatic N) is 2. The summed E-state index contributed by atoms with van der Waals surface area (Å²) in [5, 5.41) is 2.25. The van der Waals surface area contributed by atoms with Gasteiger partial charge in [-0.25, -0.2) is 31.9 Å². The van der Waals surface area contributed by atoms with E-state index in [9.17, 15) is 31.1 Å². The summed E-state index contributed by atoms with van der Waals surface area (Å²) >= 11 is 0. The quantitative estimate of drug-likeness (QED) is 0.503. The van der Waals surface area contributed by atoms with Crippen LogP contribution < -0.4 is 15.8 Å². The summed E-state index contributed by atoms with van der Waals surface area (Å²) < 4.78 is 110. The Morgan fingerprint density at radius 3 is 2.59 bits per heavy atom. The van der Waals surface area contributed by atoms with Crippen molar-refractivity contribution in [2.75, 3.05) is 31.7 Å². The molecule has 3 N–H and O–H groups in total. The van der Waals surface area contributed by atoms with Crippen molar-refractivity contribution in [3.05, 3.63) is 53.4 Å². The van der Waals surface area contributed by atoms with Crippen molar-refractivity contribution in [2.45, 2.75) is 23.6 Å². The average Bonchev–Trinajstić information content (AvgIpc) is 3.16. The summed E-state index contributed by atoms with van der Waals surface area (Å²) in [7, 11) is 0. The lowest BCUT2D eigenvalue weighted by atomic mass is 9.78. The number of alkyl halides is 5. The third-order valence-corrected chi connectivity index (χ3v) is 5.58. The minimum Gasteiger partial charge on any atom is -0.485 e. The van der Waals surface area contributed by atoms with Gasteiger partial charge in [-0.2, -0.15) is 8.78 Å².